The van der Waals surface area contributed by atoms with Gasteiger partial charge in [0.15, 0.2) is 0 Å². The number of aryl methyl sites for hydroxylation is 1. The number of aromatic nitrogens is 1. The number of carbonyl (C=O) groups is 2. The maximum absolute atomic E-state index is 12.1. The highest BCUT2D eigenvalue weighted by Crippen LogP contribution is 2.38. The van der Waals surface area contributed by atoms with Gasteiger partial charge in [0.1, 0.15) is 0 Å². The Morgan fingerprint density at radius 1 is 1.53 bits per heavy atom. The number of nitrogens with zero attached hydrogens (tertiary/aromatic N) is 1. The number of amides is 1. The first-order chi connectivity index (χ1) is 8.90. The molecule has 1 aromatic rings. The number of hydrogen-bond donors (Lipinski definition) is 1. The van der Waals surface area contributed by atoms with Gasteiger partial charge < -0.3 is 15.0 Å². The summed E-state index contributed by atoms with van der Waals surface area (Å²) in [6.45, 7) is 5.48. The zero-order valence-electron chi connectivity index (χ0n) is 11.1. The van der Waals surface area contributed by atoms with Crippen LogP contribution in [0.5, 0.6) is 0 Å². The Morgan fingerprint density at radius 2 is 2.21 bits per heavy atom. The van der Waals surface area contributed by atoms with Gasteiger partial charge in [-0.2, -0.15) is 0 Å². The minimum atomic E-state index is -0.485. The van der Waals surface area contributed by atoms with Crippen molar-refractivity contribution < 1.29 is 14.3 Å². The van der Waals surface area contributed by atoms with E-state index in [4.69, 9.17) is 10.5 Å². The monoisotopic (exact) mass is 280 g/mol. The number of nitrogens with two attached hydrogens (primary N) is 1. The van der Waals surface area contributed by atoms with Crippen LogP contribution in [0.25, 0.3) is 5.70 Å². The molecule has 0 spiro atoms. The lowest BCUT2D eigenvalue weighted by Crippen LogP contribution is -2.12. The van der Waals surface area contributed by atoms with E-state index in [-0.39, 0.29) is 12.1 Å². The van der Waals surface area contributed by atoms with Crippen LogP contribution in [0.2, 0.25) is 0 Å². The van der Waals surface area contributed by atoms with E-state index in [1.165, 1.54) is 17.8 Å². The van der Waals surface area contributed by atoms with Crippen molar-refractivity contribution in [3.63, 3.8) is 0 Å². The maximum Gasteiger partial charge on any atom is 0.341 e. The fourth-order valence-corrected chi connectivity index (χ4v) is 3.17. The van der Waals surface area contributed by atoms with Gasteiger partial charge in [0.25, 0.3) is 0 Å². The topological polar surface area (TPSA) is 74.3 Å². The molecule has 102 valence electrons. The maximum atomic E-state index is 12.1. The number of primary amides is 1. The molecule has 0 atom stereocenters. The van der Waals surface area contributed by atoms with E-state index >= 15 is 0 Å². The second kappa shape index (κ2) is 5.13. The molecular weight excluding hydrogens is 264 g/mol. The summed E-state index contributed by atoms with van der Waals surface area (Å²) in [7, 11) is 0. The van der Waals surface area contributed by atoms with Gasteiger partial charge in [-0.25, -0.2) is 4.79 Å². The number of ether oxygens (including phenoxy) is 1. The SMILES string of the molecule is Cc1cn2c(c1C(=O)OC(C)C)SC/C2=C\C(N)=O. The summed E-state index contributed by atoms with van der Waals surface area (Å²) < 4.78 is 7.08. The van der Waals surface area contributed by atoms with Crippen LogP contribution in [0.4, 0.5) is 0 Å². The molecule has 1 aliphatic rings. The fraction of sp³-hybridized carbons (Fsp3) is 0.385. The lowest BCUT2D eigenvalue weighted by Gasteiger charge is -2.08. The van der Waals surface area contributed by atoms with Crippen molar-refractivity contribution >= 4 is 29.3 Å². The second-order valence-corrected chi connectivity index (χ2v) is 5.61. The van der Waals surface area contributed by atoms with E-state index in [0.717, 1.165) is 16.3 Å². The molecule has 2 heterocycles. The Labute approximate surface area is 115 Å². The van der Waals surface area contributed by atoms with Crippen molar-refractivity contribution in [3.8, 4) is 0 Å². The number of fused-ring (bicyclic) bond motifs is 1. The van der Waals surface area contributed by atoms with Gasteiger partial charge >= 0.3 is 5.97 Å². The van der Waals surface area contributed by atoms with Crippen LogP contribution in [0.15, 0.2) is 17.3 Å². The van der Waals surface area contributed by atoms with E-state index in [0.29, 0.717) is 11.3 Å². The number of carbonyl (C=O) groups excluding carboxylic acids is 2. The molecule has 5 nitrogen and oxygen atoms in total. The lowest BCUT2D eigenvalue weighted by atomic mass is 10.2. The van der Waals surface area contributed by atoms with Gasteiger partial charge in [-0.05, 0) is 26.3 Å². The van der Waals surface area contributed by atoms with Gasteiger partial charge in [-0.1, -0.05) is 0 Å². The van der Waals surface area contributed by atoms with E-state index in [2.05, 4.69) is 0 Å². The third-order valence-corrected chi connectivity index (χ3v) is 3.79. The molecule has 1 amide bonds. The molecule has 0 aliphatic carbocycles. The average Bonchev–Trinajstić information content (AvgIpc) is 2.76. The van der Waals surface area contributed by atoms with Crippen molar-refractivity contribution in [1.82, 2.24) is 4.57 Å². The molecule has 0 fully saturated rings. The highest BCUT2D eigenvalue weighted by molar-refractivity contribution is 8.00. The quantitative estimate of drug-likeness (QED) is 0.676. The summed E-state index contributed by atoms with van der Waals surface area (Å²) in [5, 5.41) is 0.815. The van der Waals surface area contributed by atoms with Gasteiger partial charge in [-0.15, -0.1) is 11.8 Å². The first-order valence-electron chi connectivity index (χ1n) is 5.96. The number of esters is 1. The lowest BCUT2D eigenvalue weighted by molar-refractivity contribution is -0.113. The summed E-state index contributed by atoms with van der Waals surface area (Å²) >= 11 is 1.51. The highest BCUT2D eigenvalue weighted by atomic mass is 32.2. The van der Waals surface area contributed by atoms with Gasteiger partial charge in [0.05, 0.1) is 16.7 Å². The molecule has 1 aliphatic heterocycles. The zero-order valence-corrected chi connectivity index (χ0v) is 11.9. The molecule has 6 heteroatoms. The Hall–Kier alpha value is -1.69. The van der Waals surface area contributed by atoms with E-state index in [9.17, 15) is 9.59 Å². The molecule has 1 aromatic heterocycles. The molecule has 19 heavy (non-hydrogen) atoms. The summed E-state index contributed by atoms with van der Waals surface area (Å²) in [6.07, 6.45) is 3.07. The normalized spacial score (nSPS) is 15.9. The summed E-state index contributed by atoms with van der Waals surface area (Å²) in [5.74, 6) is -0.185. The third-order valence-electron chi connectivity index (χ3n) is 2.67. The number of rotatable bonds is 3. The molecule has 0 unspecified atom stereocenters. The summed E-state index contributed by atoms with van der Waals surface area (Å²) in [4.78, 5) is 23.0. The van der Waals surface area contributed by atoms with Crippen LogP contribution >= 0.6 is 11.8 Å². The van der Waals surface area contributed by atoms with Gasteiger partial charge in [0, 0.05) is 23.7 Å². The second-order valence-electron chi connectivity index (χ2n) is 4.64. The van der Waals surface area contributed by atoms with Crippen molar-refractivity contribution in [2.75, 3.05) is 5.75 Å². The first-order valence-corrected chi connectivity index (χ1v) is 6.94. The minimum Gasteiger partial charge on any atom is -0.459 e. The summed E-state index contributed by atoms with van der Waals surface area (Å²) in [6, 6.07) is 0. The van der Waals surface area contributed by atoms with E-state index in [1.54, 1.807) is 0 Å². The Bertz CT molecular complexity index is 573. The van der Waals surface area contributed by atoms with Gasteiger partial charge in [-0.3, -0.25) is 4.79 Å². The Morgan fingerprint density at radius 3 is 2.79 bits per heavy atom. The Kier molecular flexibility index (Phi) is 3.71. The van der Waals surface area contributed by atoms with Crippen LogP contribution in [-0.2, 0) is 9.53 Å². The minimum absolute atomic E-state index is 0.158. The predicted molar refractivity (Wildman–Crippen MR) is 73.9 cm³/mol. The number of hydrogen-bond acceptors (Lipinski definition) is 4. The van der Waals surface area contributed by atoms with Crippen molar-refractivity contribution in [3.05, 3.63) is 23.4 Å². The molecule has 0 radical (unpaired) electrons. The van der Waals surface area contributed by atoms with Crippen LogP contribution in [0.1, 0.15) is 29.8 Å². The number of thioether (sulfide) groups is 1. The van der Waals surface area contributed by atoms with E-state index in [1.807, 2.05) is 31.5 Å². The molecule has 0 bridgehead atoms. The average molecular weight is 280 g/mol. The highest BCUT2D eigenvalue weighted by Gasteiger charge is 2.27. The van der Waals surface area contributed by atoms with Crippen LogP contribution < -0.4 is 5.73 Å². The van der Waals surface area contributed by atoms with E-state index < -0.39 is 5.91 Å². The standard InChI is InChI=1S/C13H16N2O3S/c1-7(2)18-13(17)11-8(3)5-15-9(4-10(14)16)6-19-12(11)15/h4-5,7H,6H2,1-3H3,(H2,14,16)/b9-4+. The molecule has 0 saturated carbocycles. The first kappa shape index (κ1) is 13.7. The van der Waals surface area contributed by atoms with Crippen LogP contribution in [0, 0.1) is 6.92 Å². The zero-order chi connectivity index (χ0) is 14.2. The Balaban J connectivity index is 2.40. The van der Waals surface area contributed by atoms with Crippen molar-refractivity contribution in [2.24, 2.45) is 5.73 Å². The third kappa shape index (κ3) is 2.68. The molecule has 0 aromatic carbocycles. The molecular formula is C13H16N2O3S. The summed E-state index contributed by atoms with van der Waals surface area (Å²) in [5.41, 5.74) is 7.37. The van der Waals surface area contributed by atoms with Crippen LogP contribution in [0.3, 0.4) is 0 Å². The van der Waals surface area contributed by atoms with Gasteiger partial charge in [0.2, 0.25) is 5.91 Å². The molecule has 2 rings (SSSR count). The van der Waals surface area contributed by atoms with Crippen LogP contribution in [-0.4, -0.2) is 28.3 Å². The van der Waals surface area contributed by atoms with Crippen molar-refractivity contribution in [2.45, 2.75) is 31.9 Å². The predicted octanol–water partition coefficient (Wildman–Crippen LogP) is 1.79. The fourth-order valence-electron chi connectivity index (χ4n) is 1.97. The molecule has 0 saturated heterocycles. The smallest absolute Gasteiger partial charge is 0.341 e. The molecule has 2 N–H and O–H groups in total. The van der Waals surface area contributed by atoms with Crippen molar-refractivity contribution in [1.29, 1.82) is 0 Å². The largest absolute Gasteiger partial charge is 0.459 e.